The fourth-order valence-corrected chi connectivity index (χ4v) is 9.77. The van der Waals surface area contributed by atoms with Gasteiger partial charge in [-0.05, 0) is 101 Å². The van der Waals surface area contributed by atoms with Gasteiger partial charge in [0.25, 0.3) is 0 Å². The first-order valence-corrected chi connectivity index (χ1v) is 17.4. The molecule has 2 aliphatic carbocycles. The number of rotatable bonds is 1. The van der Waals surface area contributed by atoms with Crippen molar-refractivity contribution in [1.29, 1.82) is 0 Å². The van der Waals surface area contributed by atoms with E-state index >= 15 is 0 Å². The van der Waals surface area contributed by atoms with Gasteiger partial charge in [-0.1, -0.05) is 152 Å². The summed E-state index contributed by atoms with van der Waals surface area (Å²) in [5.74, 6) is 0. The predicted octanol–water partition coefficient (Wildman–Crippen LogP) is 13.1. The summed E-state index contributed by atoms with van der Waals surface area (Å²) < 4.78 is 6.64. The third-order valence-corrected chi connectivity index (χ3v) is 11.7. The van der Waals surface area contributed by atoms with E-state index in [1.165, 1.54) is 82.4 Å². The lowest BCUT2D eigenvalue weighted by atomic mass is 9.70. The van der Waals surface area contributed by atoms with Crippen LogP contribution in [0.15, 0.2) is 174 Å². The molecule has 0 fully saturated rings. The molecule has 1 nitrogen and oxygen atoms in total. The van der Waals surface area contributed by atoms with E-state index in [2.05, 4.69) is 170 Å². The molecule has 50 heavy (non-hydrogen) atoms. The lowest BCUT2D eigenvalue weighted by molar-refractivity contribution is 0.670. The van der Waals surface area contributed by atoms with Crippen LogP contribution in [0.3, 0.4) is 0 Å². The first-order chi connectivity index (χ1) is 24.8. The van der Waals surface area contributed by atoms with Crippen molar-refractivity contribution in [2.75, 3.05) is 0 Å². The van der Waals surface area contributed by atoms with Crippen molar-refractivity contribution in [2.45, 2.75) is 5.41 Å². The van der Waals surface area contributed by atoms with Gasteiger partial charge in [0.15, 0.2) is 0 Å². The molecular formula is C49H28O. The molecule has 10 aromatic rings. The highest BCUT2D eigenvalue weighted by molar-refractivity contribution is 6.26. The normalized spacial score (nSPS) is 15.7. The first kappa shape index (κ1) is 26.5. The van der Waals surface area contributed by atoms with Crippen LogP contribution in [-0.2, 0) is 5.41 Å². The zero-order valence-corrected chi connectivity index (χ0v) is 27.1. The van der Waals surface area contributed by atoms with Gasteiger partial charge in [0.2, 0.25) is 0 Å². The van der Waals surface area contributed by atoms with Crippen molar-refractivity contribution in [1.82, 2.24) is 0 Å². The number of hydrogen-bond acceptors (Lipinski definition) is 1. The summed E-state index contributed by atoms with van der Waals surface area (Å²) in [6.45, 7) is 0. The number of para-hydroxylation sites is 2. The van der Waals surface area contributed by atoms with Crippen molar-refractivity contribution in [3.63, 3.8) is 0 Å². The van der Waals surface area contributed by atoms with Crippen LogP contribution in [0.1, 0.15) is 22.3 Å². The van der Waals surface area contributed by atoms with E-state index < -0.39 is 5.41 Å². The maximum atomic E-state index is 6.64. The number of benzene rings is 9. The smallest absolute Gasteiger partial charge is 0.143 e. The molecule has 0 amide bonds. The molecular weight excluding hydrogens is 605 g/mol. The molecule has 1 heteroatoms. The van der Waals surface area contributed by atoms with Crippen LogP contribution in [0.25, 0.3) is 87.6 Å². The van der Waals surface area contributed by atoms with Crippen LogP contribution in [0, 0.1) is 0 Å². The molecule has 1 heterocycles. The molecule has 0 saturated heterocycles. The zero-order chi connectivity index (χ0) is 32.6. The maximum absolute atomic E-state index is 6.64. The Morgan fingerprint density at radius 2 is 0.800 bits per heavy atom. The molecule has 230 valence electrons. The van der Waals surface area contributed by atoms with Crippen molar-refractivity contribution in [2.24, 2.45) is 0 Å². The summed E-state index contributed by atoms with van der Waals surface area (Å²) in [5.41, 5.74) is 14.3. The Labute approximate surface area is 288 Å². The van der Waals surface area contributed by atoms with Crippen LogP contribution >= 0.6 is 0 Å². The Morgan fingerprint density at radius 3 is 1.56 bits per heavy atom. The van der Waals surface area contributed by atoms with Crippen molar-refractivity contribution in [3.8, 4) is 33.4 Å². The summed E-state index contributed by atoms with van der Waals surface area (Å²) in [7, 11) is 0. The lowest BCUT2D eigenvalue weighted by Crippen LogP contribution is -2.25. The Hall–Kier alpha value is -6.44. The van der Waals surface area contributed by atoms with Crippen LogP contribution in [0.4, 0.5) is 0 Å². The van der Waals surface area contributed by atoms with E-state index in [9.17, 15) is 0 Å². The minimum atomic E-state index is -0.462. The molecule has 1 atom stereocenters. The zero-order valence-electron chi connectivity index (χ0n) is 27.1. The second-order valence-corrected chi connectivity index (χ2v) is 13.9. The highest BCUT2D eigenvalue weighted by Crippen LogP contribution is 2.65. The molecule has 0 aliphatic heterocycles. The molecule has 1 spiro atoms. The highest BCUT2D eigenvalue weighted by atomic mass is 16.3. The molecule has 2 aliphatic rings. The van der Waals surface area contributed by atoms with Crippen molar-refractivity contribution >= 4 is 54.3 Å². The molecule has 1 unspecified atom stereocenters. The molecule has 1 aromatic heterocycles. The standard InChI is InChI=1S/C49H28O/c1-3-15-31-29(13-1)30-14-2-4-16-32(30)40-28-45-41(27-39(31)40)33-17-5-8-23-42(33)49(45)43-24-9-6-19-38(43)47-35(20-12-25-44(47)49)37-22-11-21-36-34-18-7-10-26-46(34)50-48(36)37/h1-28H. The minimum Gasteiger partial charge on any atom is -0.455 e. The van der Waals surface area contributed by atoms with Gasteiger partial charge in [-0.25, -0.2) is 0 Å². The van der Waals surface area contributed by atoms with E-state index in [4.69, 9.17) is 4.42 Å². The van der Waals surface area contributed by atoms with Gasteiger partial charge >= 0.3 is 0 Å². The molecule has 9 aromatic carbocycles. The van der Waals surface area contributed by atoms with Crippen LogP contribution in [0.2, 0.25) is 0 Å². The Morgan fingerprint density at radius 1 is 0.300 bits per heavy atom. The topological polar surface area (TPSA) is 13.1 Å². The summed E-state index contributed by atoms with van der Waals surface area (Å²) in [6, 6.07) is 63.0. The summed E-state index contributed by atoms with van der Waals surface area (Å²) in [5, 5.41) is 10.1. The number of fused-ring (bicyclic) bond motifs is 19. The molecule has 0 radical (unpaired) electrons. The van der Waals surface area contributed by atoms with Crippen molar-refractivity contribution in [3.05, 3.63) is 192 Å². The predicted molar refractivity (Wildman–Crippen MR) is 208 cm³/mol. The van der Waals surface area contributed by atoms with Gasteiger partial charge in [0.05, 0.1) is 5.41 Å². The van der Waals surface area contributed by atoms with Gasteiger partial charge in [-0.2, -0.15) is 0 Å². The Bertz CT molecular complexity index is 3100. The van der Waals surface area contributed by atoms with Gasteiger partial charge in [-0.3, -0.25) is 0 Å². The van der Waals surface area contributed by atoms with Gasteiger partial charge < -0.3 is 4.42 Å². The summed E-state index contributed by atoms with van der Waals surface area (Å²) in [6.07, 6.45) is 0. The van der Waals surface area contributed by atoms with E-state index in [0.717, 1.165) is 27.5 Å². The van der Waals surface area contributed by atoms with Crippen LogP contribution < -0.4 is 0 Å². The fraction of sp³-hybridized carbons (Fsp3) is 0.0204. The van der Waals surface area contributed by atoms with Gasteiger partial charge in [0.1, 0.15) is 11.2 Å². The average Bonchev–Trinajstić information content (AvgIpc) is 3.81. The van der Waals surface area contributed by atoms with Crippen LogP contribution in [-0.4, -0.2) is 0 Å². The van der Waals surface area contributed by atoms with E-state index in [1.807, 2.05) is 0 Å². The molecule has 12 rings (SSSR count). The molecule has 0 saturated carbocycles. The SMILES string of the molecule is c1ccc2c(c1)-c1cc3c4ccccc4c4ccccc4c3cc1C21c2ccccc2-c2c(-c3cccc4c3oc3ccccc34)cccc21. The molecule has 0 bridgehead atoms. The second-order valence-electron chi connectivity index (χ2n) is 13.9. The largest absolute Gasteiger partial charge is 0.455 e. The van der Waals surface area contributed by atoms with Gasteiger partial charge in [0, 0.05) is 16.3 Å². The quantitative estimate of drug-likeness (QED) is 0.164. The first-order valence-electron chi connectivity index (χ1n) is 17.4. The lowest BCUT2D eigenvalue weighted by Gasteiger charge is -2.31. The van der Waals surface area contributed by atoms with E-state index in [1.54, 1.807) is 0 Å². The highest BCUT2D eigenvalue weighted by Gasteiger charge is 2.52. The Kier molecular flexibility index (Phi) is 4.97. The van der Waals surface area contributed by atoms with E-state index in [-0.39, 0.29) is 0 Å². The number of furan rings is 1. The van der Waals surface area contributed by atoms with E-state index in [0.29, 0.717) is 0 Å². The average molecular weight is 633 g/mol. The monoisotopic (exact) mass is 632 g/mol. The summed E-state index contributed by atoms with van der Waals surface area (Å²) in [4.78, 5) is 0. The second kappa shape index (κ2) is 9.37. The maximum Gasteiger partial charge on any atom is 0.143 e. The van der Waals surface area contributed by atoms with Gasteiger partial charge in [-0.15, -0.1) is 0 Å². The molecule has 0 N–H and O–H groups in total. The third kappa shape index (κ3) is 3.10. The van der Waals surface area contributed by atoms with Crippen LogP contribution in [0.5, 0.6) is 0 Å². The minimum absolute atomic E-state index is 0.462. The van der Waals surface area contributed by atoms with Crippen molar-refractivity contribution < 1.29 is 4.42 Å². The summed E-state index contributed by atoms with van der Waals surface area (Å²) >= 11 is 0. The third-order valence-electron chi connectivity index (χ3n) is 11.7. The number of hydrogen-bond donors (Lipinski definition) is 0. The Balaban J connectivity index is 1.24. The fourth-order valence-electron chi connectivity index (χ4n) is 9.77.